The van der Waals surface area contributed by atoms with Crippen molar-refractivity contribution < 1.29 is 22.7 Å². The van der Waals surface area contributed by atoms with Gasteiger partial charge in [-0.1, -0.05) is 6.08 Å². The van der Waals surface area contributed by atoms with Crippen LogP contribution in [0.3, 0.4) is 0 Å². The SMILES string of the molecule is CC(=O)N1CCN(C2=CC[C@@H](NC3=C(F)C(OC4=C[C@H](F)C5N[C@H](C)CC5=C4F)=NCN3)CC2)CC1. The molecule has 5 aliphatic rings. The van der Waals surface area contributed by atoms with Gasteiger partial charge in [0.1, 0.15) is 18.7 Å². The number of allylic oxidation sites excluding steroid dienone is 2. The Balaban J connectivity index is 1.20. The third-order valence-electron chi connectivity index (χ3n) is 7.45. The summed E-state index contributed by atoms with van der Waals surface area (Å²) in [4.78, 5) is 19.7. The smallest absolute Gasteiger partial charge is 0.257 e. The minimum Gasteiger partial charge on any atom is -0.434 e. The molecule has 0 radical (unpaired) electrons. The van der Waals surface area contributed by atoms with Crippen LogP contribution < -0.4 is 16.0 Å². The number of carbonyl (C=O) groups excluding carboxylic acids is 1. The highest BCUT2D eigenvalue weighted by molar-refractivity contribution is 5.93. The predicted octanol–water partition coefficient (Wildman–Crippen LogP) is 2.50. The van der Waals surface area contributed by atoms with Gasteiger partial charge in [0.25, 0.3) is 5.90 Å². The van der Waals surface area contributed by atoms with Crippen LogP contribution in [0.2, 0.25) is 0 Å². The zero-order valence-electron chi connectivity index (χ0n) is 20.6. The summed E-state index contributed by atoms with van der Waals surface area (Å²) in [7, 11) is 0. The summed E-state index contributed by atoms with van der Waals surface area (Å²) in [5.74, 6) is -1.84. The number of rotatable bonds is 4. The highest BCUT2D eigenvalue weighted by Gasteiger charge is 2.40. The monoisotopic (exact) mass is 506 g/mol. The Kier molecular flexibility index (Phi) is 7.00. The number of aliphatic imine (C=N–C) groups is 1. The highest BCUT2D eigenvalue weighted by Crippen LogP contribution is 2.36. The Morgan fingerprint density at radius 2 is 2.00 bits per heavy atom. The number of piperazine rings is 1. The van der Waals surface area contributed by atoms with Gasteiger partial charge in [0.05, 0.1) is 6.04 Å². The van der Waals surface area contributed by atoms with Crippen LogP contribution in [0.15, 0.2) is 51.6 Å². The van der Waals surface area contributed by atoms with Gasteiger partial charge in [-0.15, -0.1) is 0 Å². The summed E-state index contributed by atoms with van der Waals surface area (Å²) in [6, 6.07) is -0.738. The van der Waals surface area contributed by atoms with Crippen LogP contribution in [0.1, 0.15) is 39.5 Å². The van der Waals surface area contributed by atoms with Gasteiger partial charge in [0.2, 0.25) is 11.7 Å². The second kappa shape index (κ2) is 10.2. The molecule has 0 aromatic rings. The molecule has 3 N–H and O–H groups in total. The average molecular weight is 507 g/mol. The summed E-state index contributed by atoms with van der Waals surface area (Å²) in [5.41, 5.74) is 1.58. The summed E-state index contributed by atoms with van der Waals surface area (Å²) in [5, 5.41) is 9.10. The Morgan fingerprint density at radius 3 is 2.69 bits per heavy atom. The predicted molar refractivity (Wildman–Crippen MR) is 129 cm³/mol. The first-order valence-corrected chi connectivity index (χ1v) is 12.6. The van der Waals surface area contributed by atoms with Crippen LogP contribution in [0.5, 0.6) is 0 Å². The van der Waals surface area contributed by atoms with Gasteiger partial charge < -0.3 is 30.5 Å². The minimum atomic E-state index is -1.46. The van der Waals surface area contributed by atoms with Crippen molar-refractivity contribution in [1.29, 1.82) is 0 Å². The molecule has 3 aliphatic heterocycles. The maximum absolute atomic E-state index is 15.2. The second-order valence-corrected chi connectivity index (χ2v) is 9.96. The molecular formula is C25H33F3N6O2. The van der Waals surface area contributed by atoms with Crippen molar-refractivity contribution in [1.82, 2.24) is 25.8 Å². The van der Waals surface area contributed by atoms with E-state index in [9.17, 15) is 13.6 Å². The van der Waals surface area contributed by atoms with Crippen molar-refractivity contribution in [3.63, 3.8) is 0 Å². The lowest BCUT2D eigenvalue weighted by atomic mass is 9.96. The summed E-state index contributed by atoms with van der Waals surface area (Å²) < 4.78 is 50.2. The molecule has 1 amide bonds. The molecule has 196 valence electrons. The molecule has 0 saturated carbocycles. The van der Waals surface area contributed by atoms with Crippen LogP contribution in [0, 0.1) is 0 Å². The molecule has 36 heavy (non-hydrogen) atoms. The van der Waals surface area contributed by atoms with E-state index in [1.807, 2.05) is 11.8 Å². The van der Waals surface area contributed by atoms with Crippen molar-refractivity contribution in [2.45, 2.75) is 63.8 Å². The number of fused-ring (bicyclic) bond motifs is 1. The fraction of sp³-hybridized carbons (Fsp3) is 0.600. The molecule has 1 unspecified atom stereocenters. The first kappa shape index (κ1) is 24.7. The van der Waals surface area contributed by atoms with Gasteiger partial charge in [-0.2, -0.15) is 4.39 Å². The average Bonchev–Trinajstić information content (AvgIpc) is 3.28. The maximum atomic E-state index is 15.2. The number of alkyl halides is 1. The standard InChI is InChI=1S/C25H33F3N6O2/c1-14-11-18-21(27)20(12-19(26)23(18)31-14)36-25-22(28)24(29-13-30-25)32-16-3-5-17(6-4-16)34-9-7-33(8-10-34)15(2)35/h5,12,14,16,19,23,29,31-32H,3-4,6-11,13H2,1-2H3/t14-,16-,19+,23?/m1/s1. The molecule has 5 rings (SSSR count). The highest BCUT2D eigenvalue weighted by atomic mass is 19.1. The number of amides is 1. The van der Waals surface area contributed by atoms with Crippen LogP contribution >= 0.6 is 0 Å². The largest absolute Gasteiger partial charge is 0.434 e. The molecule has 3 heterocycles. The lowest BCUT2D eigenvalue weighted by molar-refractivity contribution is -0.130. The normalized spacial score (nSPS) is 30.9. The summed E-state index contributed by atoms with van der Waals surface area (Å²) in [6.45, 7) is 6.61. The van der Waals surface area contributed by atoms with Gasteiger partial charge in [0.15, 0.2) is 11.6 Å². The van der Waals surface area contributed by atoms with Crippen LogP contribution in [-0.2, 0) is 9.53 Å². The van der Waals surface area contributed by atoms with E-state index in [1.165, 1.54) is 5.70 Å². The number of nitrogens with one attached hydrogen (secondary N) is 3. The number of hydrogen-bond acceptors (Lipinski definition) is 7. The van der Waals surface area contributed by atoms with Gasteiger partial charge >= 0.3 is 0 Å². The summed E-state index contributed by atoms with van der Waals surface area (Å²) in [6.07, 6.45) is 4.51. The Hall–Kier alpha value is -2.95. The number of hydrogen-bond donors (Lipinski definition) is 3. The van der Waals surface area contributed by atoms with E-state index in [-0.39, 0.29) is 42.1 Å². The molecule has 4 atom stereocenters. The number of ether oxygens (including phenoxy) is 1. The van der Waals surface area contributed by atoms with Crippen LogP contribution in [0.4, 0.5) is 13.2 Å². The van der Waals surface area contributed by atoms with Crippen molar-refractivity contribution >= 4 is 11.8 Å². The molecule has 0 bridgehead atoms. The first-order chi connectivity index (χ1) is 17.3. The number of carbonyl (C=O) groups is 1. The molecule has 0 aromatic heterocycles. The Bertz CT molecular complexity index is 1060. The lowest BCUT2D eigenvalue weighted by Gasteiger charge is -2.39. The minimum absolute atomic E-state index is 0.00893. The zero-order chi connectivity index (χ0) is 25.4. The molecule has 2 saturated heterocycles. The van der Waals surface area contributed by atoms with Crippen molar-refractivity contribution in [3.05, 3.63) is 46.7 Å². The third kappa shape index (κ3) is 4.98. The van der Waals surface area contributed by atoms with E-state index in [1.54, 1.807) is 6.92 Å². The molecule has 2 fully saturated rings. The summed E-state index contributed by atoms with van der Waals surface area (Å²) >= 11 is 0. The fourth-order valence-corrected chi connectivity index (χ4v) is 5.48. The molecule has 11 heteroatoms. The van der Waals surface area contributed by atoms with Gasteiger partial charge in [0, 0.05) is 50.9 Å². The third-order valence-corrected chi connectivity index (χ3v) is 7.45. The van der Waals surface area contributed by atoms with E-state index in [4.69, 9.17) is 4.74 Å². The maximum Gasteiger partial charge on any atom is 0.257 e. The Morgan fingerprint density at radius 1 is 1.22 bits per heavy atom. The first-order valence-electron chi connectivity index (χ1n) is 12.6. The Labute approximate surface area is 209 Å². The van der Waals surface area contributed by atoms with Gasteiger partial charge in [-0.3, -0.25) is 4.79 Å². The van der Waals surface area contributed by atoms with Gasteiger partial charge in [-0.25, -0.2) is 13.8 Å². The zero-order valence-corrected chi connectivity index (χ0v) is 20.6. The lowest BCUT2D eigenvalue weighted by Crippen LogP contribution is -2.48. The van der Waals surface area contributed by atoms with E-state index in [2.05, 4.69) is 31.9 Å². The van der Waals surface area contributed by atoms with E-state index in [0.717, 1.165) is 51.5 Å². The molecule has 8 nitrogen and oxygen atoms in total. The molecular weight excluding hydrogens is 473 g/mol. The van der Waals surface area contributed by atoms with Crippen molar-refractivity contribution in [3.8, 4) is 0 Å². The number of halogens is 3. The van der Waals surface area contributed by atoms with E-state index >= 15 is 4.39 Å². The quantitative estimate of drug-likeness (QED) is 0.544. The van der Waals surface area contributed by atoms with E-state index < -0.39 is 23.9 Å². The molecule has 0 aromatic carbocycles. The van der Waals surface area contributed by atoms with E-state index in [0.29, 0.717) is 12.0 Å². The van der Waals surface area contributed by atoms with Gasteiger partial charge in [-0.05, 0) is 44.3 Å². The van der Waals surface area contributed by atoms with Crippen molar-refractivity contribution in [2.24, 2.45) is 4.99 Å². The number of nitrogens with zero attached hydrogens (tertiary/aromatic N) is 3. The molecule has 0 spiro atoms. The van der Waals surface area contributed by atoms with Crippen LogP contribution in [0.25, 0.3) is 0 Å². The van der Waals surface area contributed by atoms with Crippen molar-refractivity contribution in [2.75, 3.05) is 32.8 Å². The molecule has 2 aliphatic carbocycles. The second-order valence-electron chi connectivity index (χ2n) is 9.96. The topological polar surface area (TPSA) is 81.2 Å². The van der Waals surface area contributed by atoms with Crippen LogP contribution in [-0.4, -0.2) is 78.7 Å². The fourth-order valence-electron chi connectivity index (χ4n) is 5.48.